The fourth-order valence-electron chi connectivity index (χ4n) is 3.44. The van der Waals surface area contributed by atoms with Crippen molar-refractivity contribution in [1.82, 2.24) is 0 Å². The molecule has 4 rings (SSSR count). The molecule has 1 amide bonds. The number of aryl methyl sites for hydroxylation is 1. The third-order valence-electron chi connectivity index (χ3n) is 4.90. The quantitative estimate of drug-likeness (QED) is 0.230. The molecule has 3 aromatic rings. The summed E-state index contributed by atoms with van der Waals surface area (Å²) in [6.45, 7) is 1.89. The second-order valence-electron chi connectivity index (χ2n) is 6.83. The van der Waals surface area contributed by atoms with Crippen LogP contribution in [0.5, 0.6) is 0 Å². The summed E-state index contributed by atoms with van der Waals surface area (Å²) in [5.41, 5.74) is 1.05. The number of non-ortho nitro benzene ring substituents is 1. The minimum absolute atomic E-state index is 0.0580. The van der Waals surface area contributed by atoms with Gasteiger partial charge in [-0.15, -0.1) is 0 Å². The molecule has 1 aromatic heterocycles. The Kier molecular flexibility index (Phi) is 4.67. The van der Waals surface area contributed by atoms with E-state index < -0.39 is 28.4 Å². The van der Waals surface area contributed by atoms with E-state index in [0.29, 0.717) is 5.69 Å². The topological polar surface area (TPSA) is 114 Å². The van der Waals surface area contributed by atoms with Crippen molar-refractivity contribution >= 4 is 28.8 Å². The van der Waals surface area contributed by atoms with E-state index in [1.54, 1.807) is 36.4 Å². The van der Waals surface area contributed by atoms with Gasteiger partial charge in [0.2, 0.25) is 0 Å². The molecule has 1 aliphatic heterocycles. The number of benzene rings is 2. The Morgan fingerprint density at radius 1 is 1.10 bits per heavy atom. The number of hydrogen-bond donors (Lipinski definition) is 1. The number of furan rings is 1. The first-order chi connectivity index (χ1) is 14.4. The zero-order valence-corrected chi connectivity index (χ0v) is 15.8. The van der Waals surface area contributed by atoms with E-state index in [9.17, 15) is 24.8 Å². The van der Waals surface area contributed by atoms with Gasteiger partial charge < -0.3 is 9.52 Å². The number of carbonyl (C=O) groups excluding carboxylic acids is 2. The average Bonchev–Trinajstić information content (AvgIpc) is 3.36. The molecule has 150 valence electrons. The number of aliphatic hydroxyl groups is 1. The van der Waals surface area contributed by atoms with Crippen molar-refractivity contribution < 1.29 is 24.0 Å². The van der Waals surface area contributed by atoms with Crippen molar-refractivity contribution in [3.05, 3.63) is 99.5 Å². The van der Waals surface area contributed by atoms with Crippen LogP contribution >= 0.6 is 0 Å². The SMILES string of the molecule is Cc1ccc(N2C(=O)C(=O)/C(=C(\O)c3cccc([N+](=O)[O-])c3)C2c2ccco2)cc1. The Bertz CT molecular complexity index is 1180. The third-order valence-corrected chi connectivity index (χ3v) is 4.90. The first-order valence-electron chi connectivity index (χ1n) is 9.04. The molecule has 30 heavy (non-hydrogen) atoms. The van der Waals surface area contributed by atoms with Gasteiger partial charge >= 0.3 is 0 Å². The Balaban J connectivity index is 1.92. The van der Waals surface area contributed by atoms with Crippen LogP contribution in [0.15, 0.2) is 76.9 Å². The summed E-state index contributed by atoms with van der Waals surface area (Å²) in [5.74, 6) is -1.96. The highest BCUT2D eigenvalue weighted by atomic mass is 16.6. The molecule has 0 saturated carbocycles. The number of nitrogens with zero attached hydrogens (tertiary/aromatic N) is 2. The van der Waals surface area contributed by atoms with Crippen molar-refractivity contribution in [3.63, 3.8) is 0 Å². The number of nitro groups is 1. The summed E-state index contributed by atoms with van der Waals surface area (Å²) in [6.07, 6.45) is 1.40. The van der Waals surface area contributed by atoms with Gasteiger partial charge in [-0.1, -0.05) is 29.8 Å². The van der Waals surface area contributed by atoms with Gasteiger partial charge in [0.25, 0.3) is 17.4 Å². The lowest BCUT2D eigenvalue weighted by atomic mass is 9.99. The fourth-order valence-corrected chi connectivity index (χ4v) is 3.44. The van der Waals surface area contributed by atoms with E-state index in [1.165, 1.54) is 29.4 Å². The molecule has 1 atom stereocenters. The largest absolute Gasteiger partial charge is 0.507 e. The molecule has 0 spiro atoms. The van der Waals surface area contributed by atoms with E-state index in [2.05, 4.69) is 0 Å². The maximum absolute atomic E-state index is 12.9. The lowest BCUT2D eigenvalue weighted by molar-refractivity contribution is -0.384. The van der Waals surface area contributed by atoms with Gasteiger partial charge in [0.1, 0.15) is 17.6 Å². The third kappa shape index (κ3) is 3.14. The summed E-state index contributed by atoms with van der Waals surface area (Å²) >= 11 is 0. The lowest BCUT2D eigenvalue weighted by Crippen LogP contribution is -2.29. The van der Waals surface area contributed by atoms with Crippen LogP contribution in [0.3, 0.4) is 0 Å². The maximum Gasteiger partial charge on any atom is 0.300 e. The number of Topliss-reactive ketones (excluding diaryl/α,β-unsaturated/α-hetero) is 1. The van der Waals surface area contributed by atoms with Gasteiger partial charge in [-0.2, -0.15) is 0 Å². The van der Waals surface area contributed by atoms with Crippen LogP contribution in [-0.4, -0.2) is 21.7 Å². The molecule has 0 radical (unpaired) electrons. The van der Waals surface area contributed by atoms with E-state index in [1.807, 2.05) is 6.92 Å². The standard InChI is InChI=1S/C22H16N2O6/c1-13-7-9-15(10-8-13)23-19(17-6-3-11-30-17)18(21(26)22(23)27)20(25)14-4-2-5-16(12-14)24(28)29/h2-12,19,25H,1H3/b20-18-. The molecule has 8 nitrogen and oxygen atoms in total. The van der Waals surface area contributed by atoms with Crippen LogP contribution in [0, 0.1) is 17.0 Å². The second kappa shape index (κ2) is 7.32. The molecule has 0 bridgehead atoms. The van der Waals surface area contributed by atoms with Crippen LogP contribution in [0.2, 0.25) is 0 Å². The van der Waals surface area contributed by atoms with Crippen LogP contribution < -0.4 is 4.90 Å². The van der Waals surface area contributed by atoms with Crippen molar-refractivity contribution in [2.75, 3.05) is 4.90 Å². The highest BCUT2D eigenvalue weighted by Gasteiger charge is 2.48. The number of aliphatic hydroxyl groups excluding tert-OH is 1. The fraction of sp³-hybridized carbons (Fsp3) is 0.0909. The first kappa shape index (κ1) is 19.1. The zero-order valence-electron chi connectivity index (χ0n) is 15.8. The number of anilines is 1. The van der Waals surface area contributed by atoms with E-state index in [-0.39, 0.29) is 22.6 Å². The molecule has 1 fully saturated rings. The molecule has 1 N–H and O–H groups in total. The van der Waals surface area contributed by atoms with Crippen molar-refractivity contribution in [2.45, 2.75) is 13.0 Å². The van der Waals surface area contributed by atoms with Crippen LogP contribution in [-0.2, 0) is 9.59 Å². The minimum Gasteiger partial charge on any atom is -0.507 e. The highest BCUT2D eigenvalue weighted by molar-refractivity contribution is 6.51. The molecule has 2 heterocycles. The molecule has 1 aliphatic rings. The van der Waals surface area contributed by atoms with E-state index >= 15 is 0 Å². The van der Waals surface area contributed by atoms with Crippen LogP contribution in [0.4, 0.5) is 11.4 Å². The smallest absolute Gasteiger partial charge is 0.300 e. The normalized spacial score (nSPS) is 18.0. The predicted molar refractivity (Wildman–Crippen MR) is 108 cm³/mol. The number of ketones is 1. The van der Waals surface area contributed by atoms with Gasteiger partial charge in [-0.05, 0) is 31.2 Å². The van der Waals surface area contributed by atoms with Gasteiger partial charge in [0, 0.05) is 23.4 Å². The summed E-state index contributed by atoms with van der Waals surface area (Å²) in [6, 6.07) is 14.4. The molecular formula is C22H16N2O6. The number of hydrogen-bond acceptors (Lipinski definition) is 6. The average molecular weight is 404 g/mol. The number of amides is 1. The number of carbonyl (C=O) groups is 2. The van der Waals surface area contributed by atoms with Gasteiger partial charge in [0.15, 0.2) is 0 Å². The molecule has 0 aliphatic carbocycles. The Hall–Kier alpha value is -4.20. The summed E-state index contributed by atoms with van der Waals surface area (Å²) in [5, 5.41) is 22.0. The first-order valence-corrected chi connectivity index (χ1v) is 9.04. The van der Waals surface area contributed by atoms with E-state index in [4.69, 9.17) is 4.42 Å². The zero-order chi connectivity index (χ0) is 21.4. The lowest BCUT2D eigenvalue weighted by Gasteiger charge is -2.23. The van der Waals surface area contributed by atoms with Crippen LogP contribution in [0.1, 0.15) is 22.9 Å². The van der Waals surface area contributed by atoms with Crippen molar-refractivity contribution in [1.29, 1.82) is 0 Å². The Morgan fingerprint density at radius 2 is 1.83 bits per heavy atom. The molecular weight excluding hydrogens is 388 g/mol. The Labute approximate surface area is 170 Å². The highest BCUT2D eigenvalue weighted by Crippen LogP contribution is 2.42. The molecule has 8 heteroatoms. The van der Waals surface area contributed by atoms with Gasteiger partial charge in [-0.3, -0.25) is 24.6 Å². The van der Waals surface area contributed by atoms with Gasteiger partial charge in [0.05, 0.1) is 16.8 Å². The molecule has 2 aromatic carbocycles. The van der Waals surface area contributed by atoms with Crippen LogP contribution in [0.25, 0.3) is 5.76 Å². The van der Waals surface area contributed by atoms with E-state index in [0.717, 1.165) is 11.6 Å². The minimum atomic E-state index is -1.01. The maximum atomic E-state index is 12.9. The molecule has 1 saturated heterocycles. The number of nitro benzene ring substituents is 1. The van der Waals surface area contributed by atoms with Crippen molar-refractivity contribution in [2.24, 2.45) is 0 Å². The Morgan fingerprint density at radius 3 is 2.47 bits per heavy atom. The second-order valence-corrected chi connectivity index (χ2v) is 6.83. The van der Waals surface area contributed by atoms with Crippen molar-refractivity contribution in [3.8, 4) is 0 Å². The number of rotatable bonds is 4. The van der Waals surface area contributed by atoms with Gasteiger partial charge in [-0.25, -0.2) is 0 Å². The summed E-state index contributed by atoms with van der Waals surface area (Å²) < 4.78 is 5.47. The molecule has 1 unspecified atom stereocenters. The predicted octanol–water partition coefficient (Wildman–Crippen LogP) is 4.12. The summed E-state index contributed by atoms with van der Waals surface area (Å²) in [7, 11) is 0. The monoisotopic (exact) mass is 404 g/mol. The summed E-state index contributed by atoms with van der Waals surface area (Å²) in [4.78, 5) is 37.6.